The van der Waals surface area contributed by atoms with E-state index < -0.39 is 29.1 Å². The van der Waals surface area contributed by atoms with Gasteiger partial charge in [0.15, 0.2) is 0 Å². The van der Waals surface area contributed by atoms with Crippen molar-refractivity contribution in [2.45, 2.75) is 19.3 Å². The largest absolute Gasteiger partial charge is 0.481 e. The Hall–Kier alpha value is -1.50. The zero-order chi connectivity index (χ0) is 14.4. The van der Waals surface area contributed by atoms with Crippen LogP contribution in [0, 0.1) is 11.6 Å². The van der Waals surface area contributed by atoms with Crippen molar-refractivity contribution >= 4 is 27.8 Å². The molecule has 7 heteroatoms. The second-order valence-corrected chi connectivity index (χ2v) is 4.77. The number of halogens is 3. The van der Waals surface area contributed by atoms with E-state index in [0.717, 1.165) is 12.1 Å². The van der Waals surface area contributed by atoms with E-state index in [9.17, 15) is 18.4 Å². The number of nitrogens with one attached hydrogen (secondary N) is 1. The van der Waals surface area contributed by atoms with Gasteiger partial charge in [0.05, 0.1) is 0 Å². The lowest BCUT2D eigenvalue weighted by molar-refractivity contribution is -0.137. The van der Waals surface area contributed by atoms with E-state index in [0.29, 0.717) is 12.8 Å². The van der Waals surface area contributed by atoms with Gasteiger partial charge in [-0.2, -0.15) is 0 Å². The third-order valence-electron chi connectivity index (χ3n) is 2.34. The first-order chi connectivity index (χ1) is 8.91. The van der Waals surface area contributed by atoms with Crippen molar-refractivity contribution < 1.29 is 23.5 Å². The van der Waals surface area contributed by atoms with Gasteiger partial charge in [0.1, 0.15) is 17.2 Å². The highest BCUT2D eigenvalue weighted by Gasteiger charge is 2.17. The maximum Gasteiger partial charge on any atom is 0.303 e. The van der Waals surface area contributed by atoms with Crippen molar-refractivity contribution in [3.05, 3.63) is 33.8 Å². The van der Waals surface area contributed by atoms with Gasteiger partial charge in [0, 0.05) is 17.4 Å². The average Bonchev–Trinajstić information content (AvgIpc) is 2.26. The fourth-order valence-electron chi connectivity index (χ4n) is 1.45. The van der Waals surface area contributed by atoms with E-state index in [1.165, 1.54) is 0 Å². The molecule has 0 aliphatic rings. The maximum absolute atomic E-state index is 13.4. The lowest BCUT2D eigenvalue weighted by Crippen LogP contribution is -2.26. The molecule has 1 aromatic carbocycles. The number of carboxylic acid groups (broad SMARTS) is 1. The zero-order valence-corrected chi connectivity index (χ0v) is 11.5. The second-order valence-electron chi connectivity index (χ2n) is 3.85. The van der Waals surface area contributed by atoms with E-state index in [1.807, 2.05) is 0 Å². The van der Waals surface area contributed by atoms with Gasteiger partial charge in [-0.25, -0.2) is 8.78 Å². The van der Waals surface area contributed by atoms with Crippen molar-refractivity contribution in [2.24, 2.45) is 0 Å². The summed E-state index contributed by atoms with van der Waals surface area (Å²) in [5.74, 6) is -3.67. The van der Waals surface area contributed by atoms with Crippen LogP contribution in [0.1, 0.15) is 29.6 Å². The van der Waals surface area contributed by atoms with Gasteiger partial charge in [0.25, 0.3) is 5.91 Å². The number of hydrogen-bond donors (Lipinski definition) is 2. The van der Waals surface area contributed by atoms with Crippen molar-refractivity contribution in [2.75, 3.05) is 6.54 Å². The lowest BCUT2D eigenvalue weighted by atomic mass is 10.1. The quantitative estimate of drug-likeness (QED) is 0.785. The molecule has 0 aromatic heterocycles. The highest BCUT2D eigenvalue weighted by Crippen LogP contribution is 2.19. The molecule has 0 saturated carbocycles. The maximum atomic E-state index is 13.4. The molecule has 1 aromatic rings. The fourth-order valence-corrected chi connectivity index (χ4v) is 1.85. The third kappa shape index (κ3) is 4.94. The molecule has 0 heterocycles. The van der Waals surface area contributed by atoms with Gasteiger partial charge in [-0.15, -0.1) is 0 Å². The van der Waals surface area contributed by atoms with Gasteiger partial charge < -0.3 is 10.4 Å². The number of carbonyl (C=O) groups excluding carboxylic acids is 1. The van der Waals surface area contributed by atoms with Gasteiger partial charge in [-0.3, -0.25) is 9.59 Å². The number of unbranched alkanes of at least 4 members (excludes halogenated alkanes) is 1. The van der Waals surface area contributed by atoms with Crippen molar-refractivity contribution in [3.63, 3.8) is 0 Å². The molecule has 0 spiro atoms. The average molecular weight is 336 g/mol. The van der Waals surface area contributed by atoms with E-state index in [2.05, 4.69) is 21.2 Å². The number of hydrogen-bond acceptors (Lipinski definition) is 2. The van der Waals surface area contributed by atoms with E-state index in [4.69, 9.17) is 5.11 Å². The highest BCUT2D eigenvalue weighted by molar-refractivity contribution is 9.10. The standard InChI is InChI=1S/C12H12BrF2NO3/c13-7-5-8(14)11(9(15)6-7)12(19)16-4-2-1-3-10(17)18/h5-6H,1-4H2,(H,16,19)(H,17,18). The summed E-state index contributed by atoms with van der Waals surface area (Å²) in [4.78, 5) is 21.8. The number of aliphatic carboxylic acids is 1. The normalized spacial score (nSPS) is 10.3. The molecule has 0 aliphatic heterocycles. The second kappa shape index (κ2) is 7.18. The van der Waals surface area contributed by atoms with Crippen LogP contribution in [0.25, 0.3) is 0 Å². The molecule has 2 N–H and O–H groups in total. The van der Waals surface area contributed by atoms with Crippen molar-refractivity contribution in [1.82, 2.24) is 5.32 Å². The Morgan fingerprint density at radius 2 is 1.79 bits per heavy atom. The number of rotatable bonds is 6. The number of carboxylic acids is 1. The molecule has 0 aliphatic carbocycles. The van der Waals surface area contributed by atoms with Crippen molar-refractivity contribution in [1.29, 1.82) is 0 Å². The van der Waals surface area contributed by atoms with E-state index in [1.54, 1.807) is 0 Å². The van der Waals surface area contributed by atoms with Crippen LogP contribution in [-0.4, -0.2) is 23.5 Å². The number of benzene rings is 1. The molecule has 0 unspecified atom stereocenters. The Kier molecular flexibility index (Phi) is 5.88. The molecule has 19 heavy (non-hydrogen) atoms. The molecule has 4 nitrogen and oxygen atoms in total. The third-order valence-corrected chi connectivity index (χ3v) is 2.79. The van der Waals surface area contributed by atoms with Crippen LogP contribution in [0.5, 0.6) is 0 Å². The Balaban J connectivity index is 2.52. The van der Waals surface area contributed by atoms with E-state index in [-0.39, 0.29) is 17.4 Å². The minimum atomic E-state index is -0.949. The monoisotopic (exact) mass is 335 g/mol. The molecule has 104 valence electrons. The summed E-state index contributed by atoms with van der Waals surface area (Å²) in [6, 6.07) is 2.00. The SMILES string of the molecule is O=C(O)CCCCNC(=O)c1c(F)cc(Br)cc1F. The van der Waals surface area contributed by atoms with Crippen molar-refractivity contribution in [3.8, 4) is 0 Å². The smallest absolute Gasteiger partial charge is 0.303 e. The van der Waals surface area contributed by atoms with Gasteiger partial charge in [0.2, 0.25) is 0 Å². The van der Waals surface area contributed by atoms with Crippen LogP contribution in [0.3, 0.4) is 0 Å². The van der Waals surface area contributed by atoms with Crippen LogP contribution in [0.2, 0.25) is 0 Å². The Morgan fingerprint density at radius 1 is 1.21 bits per heavy atom. The minimum Gasteiger partial charge on any atom is -0.481 e. The summed E-state index contributed by atoms with van der Waals surface area (Å²) >= 11 is 2.92. The molecule has 1 amide bonds. The summed E-state index contributed by atoms with van der Waals surface area (Å²) < 4.78 is 27.1. The molecule has 0 atom stereocenters. The molecular formula is C12H12BrF2NO3. The Labute approximate surface area is 116 Å². The van der Waals surface area contributed by atoms with Crippen LogP contribution >= 0.6 is 15.9 Å². The van der Waals surface area contributed by atoms with Crippen LogP contribution in [-0.2, 0) is 4.79 Å². The molecular weight excluding hydrogens is 324 g/mol. The lowest BCUT2D eigenvalue weighted by Gasteiger charge is -2.07. The molecule has 0 radical (unpaired) electrons. The topological polar surface area (TPSA) is 66.4 Å². The van der Waals surface area contributed by atoms with E-state index >= 15 is 0 Å². The van der Waals surface area contributed by atoms with Gasteiger partial charge >= 0.3 is 5.97 Å². The first kappa shape index (κ1) is 15.6. The fraction of sp³-hybridized carbons (Fsp3) is 0.333. The first-order valence-electron chi connectivity index (χ1n) is 5.56. The molecule has 0 bridgehead atoms. The summed E-state index contributed by atoms with van der Waals surface area (Å²) in [6.45, 7) is 0.168. The van der Waals surface area contributed by atoms with Crippen LogP contribution in [0.15, 0.2) is 16.6 Å². The molecule has 0 fully saturated rings. The minimum absolute atomic E-state index is 0.00310. The summed E-state index contributed by atoms with van der Waals surface area (Å²) in [6.07, 6.45) is 0.815. The number of amides is 1. The first-order valence-corrected chi connectivity index (χ1v) is 6.35. The molecule has 0 saturated heterocycles. The zero-order valence-electron chi connectivity index (χ0n) is 9.88. The van der Waals surface area contributed by atoms with Gasteiger partial charge in [-0.05, 0) is 25.0 Å². The highest BCUT2D eigenvalue weighted by atomic mass is 79.9. The van der Waals surface area contributed by atoms with Crippen LogP contribution < -0.4 is 5.32 Å². The predicted octanol–water partition coefficient (Wildman–Crippen LogP) is 2.71. The van der Waals surface area contributed by atoms with Crippen LogP contribution in [0.4, 0.5) is 8.78 Å². The Morgan fingerprint density at radius 3 is 2.32 bits per heavy atom. The summed E-state index contributed by atoms with van der Waals surface area (Å²) in [5, 5.41) is 10.8. The summed E-state index contributed by atoms with van der Waals surface area (Å²) in [7, 11) is 0. The Bertz CT molecular complexity index is 471. The predicted molar refractivity (Wildman–Crippen MR) is 67.9 cm³/mol. The van der Waals surface area contributed by atoms with Gasteiger partial charge in [-0.1, -0.05) is 15.9 Å². The summed E-state index contributed by atoms with van der Waals surface area (Å²) in [5.41, 5.74) is -0.638. The molecule has 1 rings (SSSR count). The number of carbonyl (C=O) groups is 2.